The molecular weight excluding hydrogens is 240 g/mol. The van der Waals surface area contributed by atoms with Crippen molar-refractivity contribution in [1.29, 1.82) is 0 Å². The van der Waals surface area contributed by atoms with Gasteiger partial charge in [-0.05, 0) is 25.8 Å². The lowest BCUT2D eigenvalue weighted by atomic mass is 10.1. The maximum atomic E-state index is 5.51. The first kappa shape index (κ1) is 12.8. The van der Waals surface area contributed by atoms with Crippen LogP contribution in [0.25, 0.3) is 0 Å². The van der Waals surface area contributed by atoms with Gasteiger partial charge in [-0.3, -0.25) is 0 Å². The lowest BCUT2D eigenvalue weighted by Gasteiger charge is -2.34. The van der Waals surface area contributed by atoms with Crippen LogP contribution in [0.15, 0.2) is 6.33 Å². The third-order valence-electron chi connectivity index (χ3n) is 4.11. The van der Waals surface area contributed by atoms with Crippen LogP contribution in [0.1, 0.15) is 24.1 Å². The molecule has 1 N–H and O–H groups in total. The normalized spacial score (nSPS) is 23.8. The summed E-state index contributed by atoms with van der Waals surface area (Å²) in [7, 11) is 1.80. The summed E-state index contributed by atoms with van der Waals surface area (Å²) in [6, 6.07) is 0. The molecule has 0 aromatic carbocycles. The first-order valence-electron chi connectivity index (χ1n) is 7.19. The van der Waals surface area contributed by atoms with Gasteiger partial charge in [-0.15, -0.1) is 0 Å². The predicted molar refractivity (Wildman–Crippen MR) is 74.6 cm³/mol. The van der Waals surface area contributed by atoms with E-state index in [4.69, 9.17) is 4.74 Å². The van der Waals surface area contributed by atoms with E-state index in [1.807, 2.05) is 0 Å². The molecule has 19 heavy (non-hydrogen) atoms. The Morgan fingerprint density at radius 3 is 3.11 bits per heavy atom. The Hall–Kier alpha value is -1.20. The van der Waals surface area contributed by atoms with Gasteiger partial charge in [-0.25, -0.2) is 9.97 Å². The van der Waals surface area contributed by atoms with Gasteiger partial charge >= 0.3 is 0 Å². The fraction of sp³-hybridized carbons (Fsp3) is 0.714. The monoisotopic (exact) mass is 262 g/mol. The summed E-state index contributed by atoms with van der Waals surface area (Å²) in [5, 5.41) is 3.43. The van der Waals surface area contributed by atoms with E-state index in [0.717, 1.165) is 51.3 Å². The molecule has 2 aliphatic heterocycles. The number of fused-ring (bicyclic) bond motifs is 1. The minimum absolute atomic E-state index is 0.336. The summed E-state index contributed by atoms with van der Waals surface area (Å²) in [4.78, 5) is 11.4. The number of nitrogens with one attached hydrogen (secondary N) is 1. The highest BCUT2D eigenvalue weighted by molar-refractivity contribution is 5.49. The van der Waals surface area contributed by atoms with Crippen LogP contribution in [0.2, 0.25) is 0 Å². The topological polar surface area (TPSA) is 50.3 Å². The molecule has 0 bridgehead atoms. The molecule has 3 rings (SSSR count). The number of nitrogens with zero attached hydrogens (tertiary/aromatic N) is 3. The number of hydrogen-bond acceptors (Lipinski definition) is 5. The van der Waals surface area contributed by atoms with Crippen molar-refractivity contribution in [2.75, 3.05) is 38.2 Å². The predicted octanol–water partition coefficient (Wildman–Crippen LogP) is 0.780. The zero-order chi connectivity index (χ0) is 13.1. The van der Waals surface area contributed by atoms with Crippen LogP contribution in [0.5, 0.6) is 0 Å². The van der Waals surface area contributed by atoms with Gasteiger partial charge in [0.25, 0.3) is 0 Å². The molecule has 0 amide bonds. The molecule has 1 aromatic rings. The highest BCUT2D eigenvalue weighted by Crippen LogP contribution is 2.25. The first-order valence-corrected chi connectivity index (χ1v) is 7.19. The van der Waals surface area contributed by atoms with Crippen LogP contribution >= 0.6 is 0 Å². The van der Waals surface area contributed by atoms with E-state index in [1.165, 1.54) is 17.7 Å². The number of methoxy groups -OCH3 is 1. The van der Waals surface area contributed by atoms with Gasteiger partial charge in [0.1, 0.15) is 12.1 Å². The molecule has 104 valence electrons. The zero-order valence-electron chi connectivity index (χ0n) is 11.6. The molecule has 0 radical (unpaired) electrons. The zero-order valence-corrected chi connectivity index (χ0v) is 11.6. The Morgan fingerprint density at radius 2 is 2.21 bits per heavy atom. The molecule has 2 aliphatic rings. The highest BCUT2D eigenvalue weighted by Gasteiger charge is 2.24. The van der Waals surface area contributed by atoms with Crippen molar-refractivity contribution < 1.29 is 4.74 Å². The van der Waals surface area contributed by atoms with Crippen molar-refractivity contribution >= 4 is 5.82 Å². The van der Waals surface area contributed by atoms with E-state index in [-0.39, 0.29) is 0 Å². The maximum Gasteiger partial charge on any atom is 0.135 e. The largest absolute Gasteiger partial charge is 0.380 e. The van der Waals surface area contributed by atoms with Crippen LogP contribution in [0.4, 0.5) is 5.82 Å². The molecule has 0 unspecified atom stereocenters. The summed E-state index contributed by atoms with van der Waals surface area (Å²) in [5.41, 5.74) is 2.55. The fourth-order valence-corrected chi connectivity index (χ4v) is 3.05. The van der Waals surface area contributed by atoms with Gasteiger partial charge < -0.3 is 15.0 Å². The van der Waals surface area contributed by atoms with Crippen molar-refractivity contribution in [3.63, 3.8) is 0 Å². The lowest BCUT2D eigenvalue weighted by Crippen LogP contribution is -2.40. The molecular formula is C14H22N4O. The van der Waals surface area contributed by atoms with E-state index in [2.05, 4.69) is 20.2 Å². The maximum absolute atomic E-state index is 5.51. The van der Waals surface area contributed by atoms with Gasteiger partial charge in [0.15, 0.2) is 0 Å². The van der Waals surface area contributed by atoms with Crippen LogP contribution in [0, 0.1) is 0 Å². The summed E-state index contributed by atoms with van der Waals surface area (Å²) < 4.78 is 5.51. The first-order chi connectivity index (χ1) is 9.38. The lowest BCUT2D eigenvalue weighted by molar-refractivity contribution is 0.0891. The van der Waals surface area contributed by atoms with E-state index >= 15 is 0 Å². The molecule has 1 atom stereocenters. The minimum Gasteiger partial charge on any atom is -0.380 e. The second kappa shape index (κ2) is 5.84. The fourth-order valence-electron chi connectivity index (χ4n) is 3.05. The molecule has 5 heteroatoms. The van der Waals surface area contributed by atoms with Crippen molar-refractivity contribution in [1.82, 2.24) is 15.3 Å². The standard InChI is InChI=1S/C14H22N4O/c1-19-11-3-2-8-18(9-11)14-12-4-6-15-7-5-13(12)16-10-17-14/h10-11,15H,2-9H2,1H3/t11-/m1/s1. The van der Waals surface area contributed by atoms with E-state index in [1.54, 1.807) is 13.4 Å². The Labute approximate surface area is 114 Å². The van der Waals surface area contributed by atoms with Gasteiger partial charge in [-0.2, -0.15) is 0 Å². The van der Waals surface area contributed by atoms with Crippen molar-refractivity contribution in [2.24, 2.45) is 0 Å². The molecule has 0 saturated carbocycles. The van der Waals surface area contributed by atoms with Crippen LogP contribution < -0.4 is 10.2 Å². The van der Waals surface area contributed by atoms with Gasteiger partial charge in [0, 0.05) is 38.7 Å². The summed E-state index contributed by atoms with van der Waals surface area (Å²) in [6.45, 7) is 4.07. The average molecular weight is 262 g/mol. The van der Waals surface area contributed by atoms with Crippen LogP contribution in [0.3, 0.4) is 0 Å². The number of anilines is 1. The molecule has 1 saturated heterocycles. The van der Waals surface area contributed by atoms with Crippen molar-refractivity contribution in [2.45, 2.75) is 31.8 Å². The Bertz CT molecular complexity index is 437. The van der Waals surface area contributed by atoms with Gasteiger partial charge in [-0.1, -0.05) is 0 Å². The minimum atomic E-state index is 0.336. The molecule has 0 spiro atoms. The smallest absolute Gasteiger partial charge is 0.135 e. The highest BCUT2D eigenvalue weighted by atomic mass is 16.5. The second-order valence-electron chi connectivity index (χ2n) is 5.32. The number of aromatic nitrogens is 2. The Kier molecular flexibility index (Phi) is 3.94. The number of piperidine rings is 1. The Balaban J connectivity index is 1.87. The quantitative estimate of drug-likeness (QED) is 0.853. The summed E-state index contributed by atoms with van der Waals surface area (Å²) in [5.74, 6) is 1.13. The van der Waals surface area contributed by atoms with E-state index in [0.29, 0.717) is 6.10 Å². The van der Waals surface area contributed by atoms with E-state index in [9.17, 15) is 0 Å². The van der Waals surface area contributed by atoms with Crippen molar-refractivity contribution in [3.05, 3.63) is 17.6 Å². The van der Waals surface area contributed by atoms with Crippen LogP contribution in [-0.4, -0.2) is 49.4 Å². The average Bonchev–Trinajstić information content (AvgIpc) is 2.72. The SMILES string of the molecule is CO[C@@H]1CCCN(c2ncnc3c2CCNCC3)C1. The third kappa shape index (κ3) is 2.72. The third-order valence-corrected chi connectivity index (χ3v) is 4.11. The van der Waals surface area contributed by atoms with E-state index < -0.39 is 0 Å². The Morgan fingerprint density at radius 1 is 1.32 bits per heavy atom. The number of hydrogen-bond donors (Lipinski definition) is 1. The second-order valence-corrected chi connectivity index (χ2v) is 5.32. The number of ether oxygens (including phenoxy) is 1. The van der Waals surface area contributed by atoms with Gasteiger partial charge in [0.2, 0.25) is 0 Å². The molecule has 5 nitrogen and oxygen atoms in total. The van der Waals surface area contributed by atoms with Gasteiger partial charge in [0.05, 0.1) is 11.8 Å². The molecule has 1 fully saturated rings. The number of rotatable bonds is 2. The molecule has 3 heterocycles. The molecule has 0 aliphatic carbocycles. The van der Waals surface area contributed by atoms with Crippen LogP contribution in [-0.2, 0) is 17.6 Å². The molecule has 1 aromatic heterocycles. The summed E-state index contributed by atoms with van der Waals surface area (Å²) in [6.07, 6.45) is 6.42. The van der Waals surface area contributed by atoms with Crippen molar-refractivity contribution in [3.8, 4) is 0 Å². The summed E-state index contributed by atoms with van der Waals surface area (Å²) >= 11 is 0.